The van der Waals surface area contributed by atoms with E-state index in [-0.39, 0.29) is 21.1 Å². The topological polar surface area (TPSA) is 60.9 Å². The van der Waals surface area contributed by atoms with Crippen LogP contribution in [0.25, 0.3) is 10.9 Å². The van der Waals surface area contributed by atoms with Crippen molar-refractivity contribution in [3.8, 4) is 0 Å². The number of carbonyl (C=O) groups is 1. The summed E-state index contributed by atoms with van der Waals surface area (Å²) in [6.45, 7) is 0. The molecule has 0 aliphatic rings. The number of halogens is 3. The van der Waals surface area contributed by atoms with Crippen LogP contribution in [0.1, 0.15) is 10.4 Å². The summed E-state index contributed by atoms with van der Waals surface area (Å²) in [6.07, 6.45) is -3.64. The number of nitrogens with two attached hydrogens (primary N) is 1. The van der Waals surface area contributed by atoms with Crippen molar-refractivity contribution >= 4 is 16.8 Å². The molecule has 1 amide bonds. The van der Waals surface area contributed by atoms with Crippen LogP contribution in [-0.2, 0) is 6.30 Å². The standard InChI is InChI=1S/C9H6F3N3O/c10-9(11,12)15-7-3-1-2-5(8(13)16)6(7)4-14-15/h1-4H,(H2,13,16). The SMILES string of the molecule is NC(=O)c1cccc2c1cnn2C(F)(F)F. The zero-order valence-corrected chi connectivity index (χ0v) is 7.82. The Hall–Kier alpha value is -2.05. The third-order valence-electron chi connectivity index (χ3n) is 2.12. The van der Waals surface area contributed by atoms with Crippen LogP contribution in [0.3, 0.4) is 0 Å². The van der Waals surface area contributed by atoms with Crippen molar-refractivity contribution in [2.45, 2.75) is 6.30 Å². The van der Waals surface area contributed by atoms with E-state index in [2.05, 4.69) is 5.10 Å². The zero-order valence-electron chi connectivity index (χ0n) is 7.82. The minimum absolute atomic E-state index is 0.0213. The predicted molar refractivity (Wildman–Crippen MR) is 49.5 cm³/mol. The highest BCUT2D eigenvalue weighted by Gasteiger charge is 2.33. The first-order valence-corrected chi connectivity index (χ1v) is 4.25. The van der Waals surface area contributed by atoms with Gasteiger partial charge in [-0.3, -0.25) is 4.79 Å². The maximum absolute atomic E-state index is 12.5. The van der Waals surface area contributed by atoms with Crippen LogP contribution >= 0.6 is 0 Å². The molecule has 2 rings (SSSR count). The van der Waals surface area contributed by atoms with Gasteiger partial charge in [-0.25, -0.2) is 0 Å². The van der Waals surface area contributed by atoms with E-state index in [0.717, 1.165) is 6.20 Å². The number of amides is 1. The summed E-state index contributed by atoms with van der Waals surface area (Å²) in [6, 6.07) is 3.90. The minimum atomic E-state index is -4.61. The van der Waals surface area contributed by atoms with Gasteiger partial charge in [0.05, 0.1) is 17.3 Å². The van der Waals surface area contributed by atoms with Crippen molar-refractivity contribution in [1.29, 1.82) is 0 Å². The summed E-state index contributed by atoms with van der Waals surface area (Å²) in [5.74, 6) is -0.785. The van der Waals surface area contributed by atoms with E-state index in [4.69, 9.17) is 5.73 Å². The molecule has 0 aliphatic carbocycles. The molecule has 1 aromatic carbocycles. The first-order chi connectivity index (χ1) is 7.41. The number of nitrogens with zero attached hydrogens (tertiary/aromatic N) is 2. The molecular weight excluding hydrogens is 223 g/mol. The van der Waals surface area contributed by atoms with Crippen molar-refractivity contribution in [2.24, 2.45) is 5.73 Å². The molecule has 0 aliphatic heterocycles. The smallest absolute Gasteiger partial charge is 0.366 e. The van der Waals surface area contributed by atoms with Crippen LogP contribution in [0.15, 0.2) is 24.4 Å². The molecule has 84 valence electrons. The van der Waals surface area contributed by atoms with Gasteiger partial charge >= 0.3 is 6.30 Å². The van der Waals surface area contributed by atoms with Crippen molar-refractivity contribution in [3.05, 3.63) is 30.0 Å². The number of primary amides is 1. The lowest BCUT2D eigenvalue weighted by Crippen LogP contribution is -2.18. The van der Waals surface area contributed by atoms with Crippen LogP contribution in [0.2, 0.25) is 0 Å². The van der Waals surface area contributed by atoms with Gasteiger partial charge in [-0.2, -0.15) is 9.78 Å². The van der Waals surface area contributed by atoms with Gasteiger partial charge in [0.15, 0.2) is 0 Å². The molecule has 1 heterocycles. The molecule has 16 heavy (non-hydrogen) atoms. The molecule has 0 atom stereocenters. The normalized spacial score (nSPS) is 11.9. The van der Waals surface area contributed by atoms with Crippen LogP contribution in [-0.4, -0.2) is 15.7 Å². The Kier molecular flexibility index (Phi) is 2.11. The largest absolute Gasteiger partial charge is 0.505 e. The van der Waals surface area contributed by atoms with Crippen LogP contribution in [0.4, 0.5) is 13.2 Å². The van der Waals surface area contributed by atoms with E-state index in [1.54, 1.807) is 0 Å². The first-order valence-electron chi connectivity index (χ1n) is 4.25. The van der Waals surface area contributed by atoms with E-state index in [1.165, 1.54) is 18.2 Å². The molecule has 0 unspecified atom stereocenters. The van der Waals surface area contributed by atoms with Crippen LogP contribution < -0.4 is 5.73 Å². The second-order valence-electron chi connectivity index (χ2n) is 3.13. The number of fused-ring (bicyclic) bond motifs is 1. The lowest BCUT2D eigenvalue weighted by atomic mass is 10.1. The fourth-order valence-electron chi connectivity index (χ4n) is 1.47. The quantitative estimate of drug-likeness (QED) is 0.807. The number of carbonyl (C=O) groups excluding carboxylic acids is 1. The second-order valence-corrected chi connectivity index (χ2v) is 3.13. The predicted octanol–water partition coefficient (Wildman–Crippen LogP) is 1.61. The lowest BCUT2D eigenvalue weighted by molar-refractivity contribution is -0.209. The molecule has 2 aromatic rings. The number of benzene rings is 1. The zero-order chi connectivity index (χ0) is 11.9. The van der Waals surface area contributed by atoms with E-state index < -0.39 is 12.2 Å². The van der Waals surface area contributed by atoms with Gasteiger partial charge in [0.1, 0.15) is 0 Å². The van der Waals surface area contributed by atoms with E-state index in [9.17, 15) is 18.0 Å². The molecule has 4 nitrogen and oxygen atoms in total. The molecule has 0 radical (unpaired) electrons. The maximum atomic E-state index is 12.5. The number of rotatable bonds is 1. The summed E-state index contributed by atoms with van der Waals surface area (Å²) < 4.78 is 37.3. The van der Waals surface area contributed by atoms with Gasteiger partial charge in [-0.1, -0.05) is 6.07 Å². The summed E-state index contributed by atoms with van der Waals surface area (Å²) in [4.78, 5) is 11.0. The minimum Gasteiger partial charge on any atom is -0.366 e. The summed E-state index contributed by atoms with van der Waals surface area (Å²) >= 11 is 0. The highest BCUT2D eigenvalue weighted by atomic mass is 19.4. The number of hydrogen-bond acceptors (Lipinski definition) is 2. The maximum Gasteiger partial charge on any atom is 0.505 e. The van der Waals surface area contributed by atoms with Crippen molar-refractivity contribution in [3.63, 3.8) is 0 Å². The summed E-state index contributed by atoms with van der Waals surface area (Å²) in [5, 5.41) is 3.28. The fraction of sp³-hybridized carbons (Fsp3) is 0.111. The molecule has 0 fully saturated rings. The van der Waals surface area contributed by atoms with Gasteiger partial charge in [-0.15, -0.1) is 13.2 Å². The highest BCUT2D eigenvalue weighted by molar-refractivity contribution is 6.05. The Morgan fingerprint density at radius 3 is 2.62 bits per heavy atom. The first kappa shape index (κ1) is 10.5. The molecule has 1 aromatic heterocycles. The molecule has 7 heteroatoms. The fourth-order valence-corrected chi connectivity index (χ4v) is 1.47. The second kappa shape index (κ2) is 3.22. The molecule has 2 N–H and O–H groups in total. The molecule has 0 spiro atoms. The van der Waals surface area contributed by atoms with Gasteiger partial charge in [0, 0.05) is 5.39 Å². The van der Waals surface area contributed by atoms with Crippen molar-refractivity contribution < 1.29 is 18.0 Å². The van der Waals surface area contributed by atoms with Crippen molar-refractivity contribution in [1.82, 2.24) is 9.78 Å². The van der Waals surface area contributed by atoms with Gasteiger partial charge in [-0.05, 0) is 12.1 Å². The Balaban J connectivity index is 2.76. The van der Waals surface area contributed by atoms with Crippen molar-refractivity contribution in [2.75, 3.05) is 0 Å². The van der Waals surface area contributed by atoms with Crippen LogP contribution in [0.5, 0.6) is 0 Å². The van der Waals surface area contributed by atoms with Gasteiger partial charge in [0.2, 0.25) is 5.91 Å². The Morgan fingerprint density at radius 2 is 2.06 bits per heavy atom. The Morgan fingerprint density at radius 1 is 1.38 bits per heavy atom. The molecule has 0 saturated carbocycles. The van der Waals surface area contributed by atoms with Gasteiger partial charge in [0.25, 0.3) is 0 Å². The third kappa shape index (κ3) is 1.50. The molecular formula is C9H6F3N3O. The average Bonchev–Trinajstić information content (AvgIpc) is 2.59. The van der Waals surface area contributed by atoms with Gasteiger partial charge < -0.3 is 5.73 Å². The Labute approximate surface area is 87.4 Å². The lowest BCUT2D eigenvalue weighted by Gasteiger charge is -2.07. The number of aromatic nitrogens is 2. The number of hydrogen-bond donors (Lipinski definition) is 1. The molecule has 0 bridgehead atoms. The van der Waals surface area contributed by atoms with E-state index in [1.807, 2.05) is 0 Å². The monoisotopic (exact) mass is 229 g/mol. The summed E-state index contributed by atoms with van der Waals surface area (Å²) in [5.41, 5.74) is 4.87. The molecule has 0 saturated heterocycles. The average molecular weight is 229 g/mol. The highest BCUT2D eigenvalue weighted by Crippen LogP contribution is 2.27. The third-order valence-corrected chi connectivity index (χ3v) is 2.12. The van der Waals surface area contributed by atoms with E-state index in [0.29, 0.717) is 0 Å². The number of alkyl halides is 3. The van der Waals surface area contributed by atoms with E-state index >= 15 is 0 Å². The summed E-state index contributed by atoms with van der Waals surface area (Å²) in [7, 11) is 0. The van der Waals surface area contributed by atoms with Crippen LogP contribution in [0, 0.1) is 0 Å². The Bertz CT molecular complexity index is 559.